The van der Waals surface area contributed by atoms with Crippen LogP contribution in [0.3, 0.4) is 0 Å². The Morgan fingerprint density at radius 1 is 1.06 bits per heavy atom. The molecule has 3 N–H and O–H groups in total. The van der Waals surface area contributed by atoms with Crippen molar-refractivity contribution in [2.24, 2.45) is 0 Å². The summed E-state index contributed by atoms with van der Waals surface area (Å²) in [6.07, 6.45) is 3.21. The number of thioether (sulfide) groups is 1. The first-order valence-electron chi connectivity index (χ1n) is 12.8. The number of hydrogen-bond donors (Lipinski definition) is 3. The van der Waals surface area contributed by atoms with Crippen LogP contribution >= 0.6 is 11.8 Å². The summed E-state index contributed by atoms with van der Waals surface area (Å²) in [4.78, 5) is 14.4. The number of nitrogens with zero attached hydrogens (tertiary/aromatic N) is 1. The molecule has 3 aromatic rings. The number of benzene rings is 1. The number of hydrogen-bond acceptors (Lipinski definition) is 4. The van der Waals surface area contributed by atoms with E-state index < -0.39 is 23.4 Å². The number of pyridine rings is 1. The molecule has 0 bridgehead atoms. The molecule has 5 nitrogen and oxygen atoms in total. The van der Waals surface area contributed by atoms with Crippen molar-refractivity contribution in [1.82, 2.24) is 9.55 Å². The van der Waals surface area contributed by atoms with E-state index in [9.17, 15) is 23.1 Å². The van der Waals surface area contributed by atoms with Crippen LogP contribution in [0, 0.1) is 6.92 Å². The second-order valence-electron chi connectivity index (χ2n) is 9.39. The summed E-state index contributed by atoms with van der Waals surface area (Å²) in [5.41, 5.74) is 1.27. The average molecular weight is 527 g/mol. The van der Waals surface area contributed by atoms with Gasteiger partial charge in [0.05, 0.1) is 18.3 Å². The fourth-order valence-corrected chi connectivity index (χ4v) is 5.96. The third-order valence-corrected chi connectivity index (χ3v) is 7.94. The zero-order valence-electron chi connectivity index (χ0n) is 21.1. The lowest BCUT2D eigenvalue weighted by Crippen LogP contribution is -2.14. The predicted molar refractivity (Wildman–Crippen MR) is 142 cm³/mol. The van der Waals surface area contributed by atoms with Gasteiger partial charge >= 0.3 is 6.18 Å². The molecule has 0 aliphatic carbocycles. The van der Waals surface area contributed by atoms with E-state index >= 15 is 0 Å². The lowest BCUT2D eigenvalue weighted by atomic mass is 10.0. The van der Waals surface area contributed by atoms with Crippen molar-refractivity contribution in [3.05, 3.63) is 45.4 Å². The largest absolute Gasteiger partial charge is 0.417 e. The molecule has 2 aromatic heterocycles. The first-order valence-corrected chi connectivity index (χ1v) is 14.0. The molecule has 0 saturated carbocycles. The van der Waals surface area contributed by atoms with Crippen LogP contribution in [0.4, 0.5) is 13.2 Å². The summed E-state index contributed by atoms with van der Waals surface area (Å²) in [5.74, 6) is 1.57. The number of H-pyrrole nitrogens is 1. The summed E-state index contributed by atoms with van der Waals surface area (Å²) in [6, 6.07) is 4.09. The fourth-order valence-electron chi connectivity index (χ4n) is 5.01. The smallest absolute Gasteiger partial charge is 0.394 e. The number of aromatic nitrogens is 2. The number of halogens is 3. The van der Waals surface area contributed by atoms with Crippen molar-refractivity contribution < 1.29 is 23.4 Å². The van der Waals surface area contributed by atoms with E-state index in [1.165, 1.54) is 6.42 Å². The fraction of sp³-hybridized carbons (Fsp3) is 0.593. The van der Waals surface area contributed by atoms with Gasteiger partial charge < -0.3 is 19.8 Å². The number of aliphatic hydroxyl groups excluding tert-OH is 2. The normalized spacial score (nSPS) is 13.2. The number of fused-ring (bicyclic) bond motifs is 3. The van der Waals surface area contributed by atoms with Gasteiger partial charge in [-0.1, -0.05) is 39.0 Å². The quantitative estimate of drug-likeness (QED) is 0.219. The highest BCUT2D eigenvalue weighted by atomic mass is 32.2. The Morgan fingerprint density at radius 2 is 1.72 bits per heavy atom. The zero-order chi connectivity index (χ0) is 26.3. The van der Waals surface area contributed by atoms with E-state index in [2.05, 4.69) is 9.55 Å². The van der Waals surface area contributed by atoms with Crippen molar-refractivity contribution >= 4 is 33.6 Å². The first-order chi connectivity index (χ1) is 17.2. The van der Waals surface area contributed by atoms with Crippen LogP contribution in [-0.4, -0.2) is 44.0 Å². The van der Waals surface area contributed by atoms with Crippen molar-refractivity contribution in [3.63, 3.8) is 0 Å². The SMILES string of the molecule is CCc1c(C)c2c3c(C(F)(F)F)cc(=O)[nH]c3ccc2n1CCCCCCCCCSCC(O)CO. The Hall–Kier alpha value is -1.97. The number of rotatable bonds is 14. The highest BCUT2D eigenvalue weighted by molar-refractivity contribution is 7.99. The molecule has 2 heterocycles. The van der Waals surface area contributed by atoms with Gasteiger partial charge in [0, 0.05) is 45.9 Å². The summed E-state index contributed by atoms with van der Waals surface area (Å²) < 4.78 is 43.7. The minimum atomic E-state index is -4.61. The maximum atomic E-state index is 13.9. The van der Waals surface area contributed by atoms with Gasteiger partial charge in [-0.05, 0) is 49.6 Å². The summed E-state index contributed by atoms with van der Waals surface area (Å²) >= 11 is 1.67. The number of unbranched alkanes of at least 4 members (excludes halogenated alkanes) is 6. The Balaban J connectivity index is 1.63. The van der Waals surface area contributed by atoms with E-state index in [-0.39, 0.29) is 17.5 Å². The lowest BCUT2D eigenvalue weighted by Gasteiger charge is -2.12. The minimum Gasteiger partial charge on any atom is -0.394 e. The van der Waals surface area contributed by atoms with Crippen molar-refractivity contribution in [1.29, 1.82) is 0 Å². The molecule has 0 aliphatic rings. The maximum Gasteiger partial charge on any atom is 0.417 e. The summed E-state index contributed by atoms with van der Waals surface area (Å²) in [5, 5.41) is 18.8. The zero-order valence-corrected chi connectivity index (χ0v) is 21.9. The molecular weight excluding hydrogens is 489 g/mol. The van der Waals surface area contributed by atoms with Crippen LogP contribution in [0.15, 0.2) is 23.0 Å². The van der Waals surface area contributed by atoms with Crippen LogP contribution in [0.5, 0.6) is 0 Å². The molecule has 36 heavy (non-hydrogen) atoms. The lowest BCUT2D eigenvalue weighted by molar-refractivity contribution is -0.136. The number of aliphatic hydroxyl groups is 2. The van der Waals surface area contributed by atoms with Gasteiger partial charge in [-0.2, -0.15) is 24.9 Å². The minimum absolute atomic E-state index is 0.0783. The standard InChI is InChI=1S/C27H37F3N2O3S/c1-3-22-18(2)25-23(12-11-21-26(25)20(27(28,29)30)15-24(35)31-21)32(22)13-9-7-5-4-6-8-10-14-36-17-19(34)16-33/h11-12,15,19,33-34H,3-10,13-14,16-17H2,1-2H3,(H,31,35). The first kappa shape index (κ1) is 28.6. The molecule has 0 spiro atoms. The molecule has 1 atom stereocenters. The van der Waals surface area contributed by atoms with Gasteiger partial charge in [0.15, 0.2) is 0 Å². The van der Waals surface area contributed by atoms with Crippen molar-refractivity contribution in [2.75, 3.05) is 18.1 Å². The molecule has 0 aliphatic heterocycles. The second kappa shape index (κ2) is 13.0. The van der Waals surface area contributed by atoms with Gasteiger partial charge in [0.2, 0.25) is 5.56 Å². The number of aryl methyl sites for hydroxylation is 2. The Labute approximate surface area is 214 Å². The van der Waals surface area contributed by atoms with Crippen LogP contribution in [0.2, 0.25) is 0 Å². The van der Waals surface area contributed by atoms with E-state index in [4.69, 9.17) is 5.11 Å². The monoisotopic (exact) mass is 526 g/mol. The van der Waals surface area contributed by atoms with Gasteiger partial charge in [0.1, 0.15) is 0 Å². The average Bonchev–Trinajstić information content (AvgIpc) is 3.11. The third kappa shape index (κ3) is 6.86. The van der Waals surface area contributed by atoms with E-state index in [1.807, 2.05) is 19.9 Å². The number of alkyl halides is 3. The van der Waals surface area contributed by atoms with Gasteiger partial charge in [-0.15, -0.1) is 0 Å². The van der Waals surface area contributed by atoms with Crippen molar-refractivity contribution in [3.8, 4) is 0 Å². The molecule has 0 fully saturated rings. The van der Waals surface area contributed by atoms with Gasteiger partial charge in [-0.25, -0.2) is 0 Å². The van der Waals surface area contributed by atoms with Gasteiger partial charge in [0.25, 0.3) is 0 Å². The van der Waals surface area contributed by atoms with E-state index in [0.29, 0.717) is 17.2 Å². The number of aromatic amines is 1. The molecule has 1 unspecified atom stereocenters. The Bertz CT molecular complexity index is 1200. The van der Waals surface area contributed by atoms with Gasteiger partial charge in [-0.3, -0.25) is 4.79 Å². The highest BCUT2D eigenvalue weighted by Crippen LogP contribution is 2.39. The summed E-state index contributed by atoms with van der Waals surface area (Å²) in [7, 11) is 0. The molecule has 1 aromatic carbocycles. The highest BCUT2D eigenvalue weighted by Gasteiger charge is 2.34. The van der Waals surface area contributed by atoms with Crippen LogP contribution in [0.1, 0.15) is 68.7 Å². The molecule has 0 amide bonds. The van der Waals surface area contributed by atoms with Crippen LogP contribution in [-0.2, 0) is 19.1 Å². The summed E-state index contributed by atoms with van der Waals surface area (Å²) in [6.45, 7) is 4.48. The Morgan fingerprint density at radius 3 is 2.36 bits per heavy atom. The molecule has 0 radical (unpaired) electrons. The molecule has 9 heteroatoms. The Kier molecular flexibility index (Phi) is 10.3. The molecular formula is C27H37F3N2O3S. The van der Waals surface area contributed by atoms with Crippen LogP contribution < -0.4 is 5.56 Å². The van der Waals surface area contributed by atoms with E-state index in [0.717, 1.165) is 74.0 Å². The second-order valence-corrected chi connectivity index (χ2v) is 10.5. The van der Waals surface area contributed by atoms with E-state index in [1.54, 1.807) is 17.8 Å². The van der Waals surface area contributed by atoms with Crippen molar-refractivity contribution in [2.45, 2.75) is 84.0 Å². The number of nitrogens with one attached hydrogen (secondary N) is 1. The molecule has 3 rings (SSSR count). The topological polar surface area (TPSA) is 78.2 Å². The molecule has 0 saturated heterocycles. The predicted octanol–water partition coefficient (Wildman–Crippen LogP) is 6.19. The molecule has 200 valence electrons. The maximum absolute atomic E-state index is 13.9. The third-order valence-electron chi connectivity index (χ3n) is 6.74. The van der Waals surface area contributed by atoms with Crippen LogP contribution in [0.25, 0.3) is 21.8 Å².